The zero-order chi connectivity index (χ0) is 22.4. The molecule has 0 spiro atoms. The van der Waals surface area contributed by atoms with Gasteiger partial charge in [-0.25, -0.2) is 13.2 Å². The molecule has 1 heterocycles. The van der Waals surface area contributed by atoms with Crippen molar-refractivity contribution in [2.45, 2.75) is 25.8 Å². The Morgan fingerprint density at radius 2 is 1.81 bits per heavy atom. The fourth-order valence-corrected chi connectivity index (χ4v) is 3.48. The van der Waals surface area contributed by atoms with E-state index in [1.165, 1.54) is 0 Å². The molecule has 0 bridgehead atoms. The molecule has 0 unspecified atom stereocenters. The summed E-state index contributed by atoms with van der Waals surface area (Å²) in [6.45, 7) is 2.59. The van der Waals surface area contributed by atoms with Gasteiger partial charge in [-0.1, -0.05) is 25.1 Å². The number of carbonyl (C=O) groups excluding carboxylic acids is 2. The topological polar surface area (TPSA) is 70.7 Å². The van der Waals surface area contributed by atoms with Gasteiger partial charge in [0, 0.05) is 12.0 Å². The van der Waals surface area contributed by atoms with Gasteiger partial charge < -0.3 is 15.4 Å². The van der Waals surface area contributed by atoms with Gasteiger partial charge in [-0.3, -0.25) is 14.5 Å². The van der Waals surface area contributed by atoms with Gasteiger partial charge in [-0.05, 0) is 31.2 Å². The summed E-state index contributed by atoms with van der Waals surface area (Å²) in [4.78, 5) is 26.5. The standard InChI is InChI=1S/C22H24F3N3O3/c1-2-10-28(13-20(30)27-17-8-7-15(23)21(24)22(17)25)12-19(29)26-16-9-11-31-18-6-4-3-5-14(16)18/h3-8,16H,2,9-13H2,1H3,(H,26,29)(H,27,30)/t16-/m1/s1. The highest BCUT2D eigenvalue weighted by atomic mass is 19.2. The van der Waals surface area contributed by atoms with Gasteiger partial charge in [0.25, 0.3) is 0 Å². The van der Waals surface area contributed by atoms with Crippen LogP contribution in [0.5, 0.6) is 5.75 Å². The average Bonchev–Trinajstić information content (AvgIpc) is 2.74. The first kappa shape index (κ1) is 22.6. The van der Waals surface area contributed by atoms with Crippen LogP contribution in [0.1, 0.15) is 31.4 Å². The van der Waals surface area contributed by atoms with Crippen LogP contribution >= 0.6 is 0 Å². The van der Waals surface area contributed by atoms with Crippen molar-refractivity contribution in [3.05, 3.63) is 59.4 Å². The molecule has 166 valence electrons. The number of anilines is 1. The summed E-state index contributed by atoms with van der Waals surface area (Å²) in [5, 5.41) is 5.19. The molecule has 6 nitrogen and oxygen atoms in total. The second-order valence-corrected chi connectivity index (χ2v) is 7.28. The lowest BCUT2D eigenvalue weighted by molar-refractivity contribution is -0.124. The van der Waals surface area contributed by atoms with Crippen molar-refractivity contribution in [1.29, 1.82) is 0 Å². The highest BCUT2D eigenvalue weighted by Gasteiger charge is 2.24. The summed E-state index contributed by atoms with van der Waals surface area (Å²) < 4.78 is 45.8. The molecule has 1 atom stereocenters. The van der Waals surface area contributed by atoms with Gasteiger partial charge in [-0.15, -0.1) is 0 Å². The maximum Gasteiger partial charge on any atom is 0.238 e. The number of amides is 2. The number of benzene rings is 2. The third kappa shape index (κ3) is 5.75. The Balaban J connectivity index is 1.59. The maximum absolute atomic E-state index is 13.8. The SMILES string of the molecule is CCCN(CC(=O)Nc1ccc(F)c(F)c1F)CC(=O)N[C@@H]1CCOc2ccccc21. The lowest BCUT2D eigenvalue weighted by Gasteiger charge is -2.28. The fraction of sp³-hybridized carbons (Fsp3) is 0.364. The Morgan fingerprint density at radius 3 is 2.58 bits per heavy atom. The number of fused-ring (bicyclic) bond motifs is 1. The minimum atomic E-state index is -1.65. The Bertz CT molecular complexity index is 955. The monoisotopic (exact) mass is 435 g/mol. The number of ether oxygens (including phenoxy) is 1. The first-order valence-corrected chi connectivity index (χ1v) is 10.1. The molecule has 31 heavy (non-hydrogen) atoms. The molecule has 0 aromatic heterocycles. The maximum atomic E-state index is 13.8. The third-order valence-corrected chi connectivity index (χ3v) is 4.88. The molecular weight excluding hydrogens is 411 g/mol. The smallest absolute Gasteiger partial charge is 0.238 e. The van der Waals surface area contributed by atoms with Crippen LogP contribution in [0.2, 0.25) is 0 Å². The van der Waals surface area contributed by atoms with E-state index in [0.717, 1.165) is 23.4 Å². The van der Waals surface area contributed by atoms with Crippen LogP contribution in [0, 0.1) is 17.5 Å². The Labute approximate surface area is 178 Å². The van der Waals surface area contributed by atoms with Gasteiger partial charge in [-0.2, -0.15) is 0 Å². The summed E-state index contributed by atoms with van der Waals surface area (Å²) in [7, 11) is 0. The molecule has 0 radical (unpaired) electrons. The molecule has 1 aliphatic heterocycles. The molecule has 2 aromatic carbocycles. The average molecular weight is 435 g/mol. The fourth-order valence-electron chi connectivity index (χ4n) is 3.48. The van der Waals surface area contributed by atoms with E-state index in [4.69, 9.17) is 4.74 Å². The van der Waals surface area contributed by atoms with Gasteiger partial charge >= 0.3 is 0 Å². The van der Waals surface area contributed by atoms with Gasteiger partial charge in [0.1, 0.15) is 5.75 Å². The van der Waals surface area contributed by atoms with Gasteiger partial charge in [0.15, 0.2) is 17.5 Å². The van der Waals surface area contributed by atoms with Crippen molar-refractivity contribution < 1.29 is 27.5 Å². The number of carbonyl (C=O) groups is 2. The Hall–Kier alpha value is -3.07. The summed E-state index contributed by atoms with van der Waals surface area (Å²) in [5.41, 5.74) is 0.444. The van der Waals surface area contributed by atoms with Gasteiger partial charge in [0.05, 0.1) is 31.4 Å². The molecule has 0 saturated carbocycles. The van der Waals surface area contributed by atoms with Crippen molar-refractivity contribution in [3.8, 4) is 5.75 Å². The molecule has 2 amide bonds. The highest BCUT2D eigenvalue weighted by Crippen LogP contribution is 2.31. The van der Waals surface area contributed by atoms with Crippen molar-refractivity contribution in [2.24, 2.45) is 0 Å². The number of halogens is 3. The van der Waals surface area contributed by atoms with E-state index >= 15 is 0 Å². The van der Waals surface area contributed by atoms with E-state index in [1.54, 1.807) is 4.90 Å². The van der Waals surface area contributed by atoms with Gasteiger partial charge in [0.2, 0.25) is 11.8 Å². The zero-order valence-corrected chi connectivity index (χ0v) is 17.1. The van der Waals surface area contributed by atoms with Crippen LogP contribution in [0.15, 0.2) is 36.4 Å². The van der Waals surface area contributed by atoms with E-state index < -0.39 is 29.0 Å². The molecule has 2 aromatic rings. The number of hydrogen-bond acceptors (Lipinski definition) is 4. The first-order chi connectivity index (χ1) is 14.9. The van der Waals surface area contributed by atoms with Crippen LogP contribution in [-0.4, -0.2) is 43.0 Å². The molecular formula is C22H24F3N3O3. The van der Waals surface area contributed by atoms with E-state index in [-0.39, 0.29) is 25.0 Å². The Kier molecular flexibility index (Phi) is 7.51. The third-order valence-electron chi connectivity index (χ3n) is 4.88. The number of nitrogens with one attached hydrogen (secondary N) is 2. The van der Waals surface area contributed by atoms with Crippen LogP contribution in [0.25, 0.3) is 0 Å². The van der Waals surface area contributed by atoms with E-state index in [9.17, 15) is 22.8 Å². The largest absolute Gasteiger partial charge is 0.493 e. The van der Waals surface area contributed by atoms with E-state index in [1.807, 2.05) is 31.2 Å². The summed E-state index contributed by atoms with van der Waals surface area (Å²) in [6.07, 6.45) is 1.31. The molecule has 0 saturated heterocycles. The molecule has 9 heteroatoms. The quantitative estimate of drug-likeness (QED) is 0.624. The second-order valence-electron chi connectivity index (χ2n) is 7.28. The number of rotatable bonds is 8. The summed E-state index contributed by atoms with van der Waals surface area (Å²) in [5.74, 6) is -4.62. The number of para-hydroxylation sites is 1. The molecule has 0 fully saturated rings. The lowest BCUT2D eigenvalue weighted by Crippen LogP contribution is -2.43. The lowest BCUT2D eigenvalue weighted by atomic mass is 10.0. The number of hydrogen-bond donors (Lipinski definition) is 2. The van der Waals surface area contributed by atoms with Crippen molar-refractivity contribution >= 4 is 17.5 Å². The normalized spacial score (nSPS) is 15.2. The minimum absolute atomic E-state index is 0.0406. The van der Waals surface area contributed by atoms with E-state index in [2.05, 4.69) is 10.6 Å². The summed E-state index contributed by atoms with van der Waals surface area (Å²) in [6, 6.07) is 8.97. The summed E-state index contributed by atoms with van der Waals surface area (Å²) >= 11 is 0. The zero-order valence-electron chi connectivity index (χ0n) is 17.1. The molecule has 3 rings (SSSR count). The van der Waals surface area contributed by atoms with Crippen LogP contribution in [-0.2, 0) is 9.59 Å². The minimum Gasteiger partial charge on any atom is -0.493 e. The van der Waals surface area contributed by atoms with Crippen molar-refractivity contribution in [3.63, 3.8) is 0 Å². The number of nitrogens with zero attached hydrogens (tertiary/aromatic N) is 1. The predicted octanol–water partition coefficient (Wildman–Crippen LogP) is 3.39. The van der Waals surface area contributed by atoms with E-state index in [0.29, 0.717) is 26.0 Å². The molecule has 0 aliphatic carbocycles. The second kappa shape index (κ2) is 10.3. The van der Waals surface area contributed by atoms with Crippen LogP contribution in [0.3, 0.4) is 0 Å². The van der Waals surface area contributed by atoms with Crippen LogP contribution < -0.4 is 15.4 Å². The van der Waals surface area contributed by atoms with Crippen molar-refractivity contribution in [2.75, 3.05) is 31.6 Å². The van der Waals surface area contributed by atoms with Crippen molar-refractivity contribution in [1.82, 2.24) is 10.2 Å². The predicted molar refractivity (Wildman–Crippen MR) is 109 cm³/mol. The molecule has 1 aliphatic rings. The highest BCUT2D eigenvalue weighted by molar-refractivity contribution is 5.92. The Morgan fingerprint density at radius 1 is 1.06 bits per heavy atom. The first-order valence-electron chi connectivity index (χ1n) is 10.1. The van der Waals surface area contributed by atoms with Crippen LogP contribution in [0.4, 0.5) is 18.9 Å². The molecule has 2 N–H and O–H groups in total.